The second-order valence-corrected chi connectivity index (χ2v) is 9.13. The van der Waals surface area contributed by atoms with Crippen LogP contribution in [0.25, 0.3) is 21.7 Å². The van der Waals surface area contributed by atoms with E-state index in [9.17, 15) is 17.2 Å². The molecule has 0 bridgehead atoms. The Hall–Kier alpha value is -2.91. The number of anilines is 2. The molecular formula is C18H18F2N6O2S. The predicted octanol–water partition coefficient (Wildman–Crippen LogP) is 4.02. The zero-order valence-electron chi connectivity index (χ0n) is 15.7. The maximum Gasteiger partial charge on any atom is 0.327 e. The molecule has 0 radical (unpaired) electrons. The van der Waals surface area contributed by atoms with Crippen LogP contribution in [0.1, 0.15) is 17.5 Å². The van der Waals surface area contributed by atoms with Gasteiger partial charge in [0.2, 0.25) is 0 Å². The van der Waals surface area contributed by atoms with Gasteiger partial charge in [-0.1, -0.05) is 17.2 Å². The molecule has 0 saturated heterocycles. The van der Waals surface area contributed by atoms with Gasteiger partial charge in [-0.25, -0.2) is 22.4 Å². The number of halogens is 2. The molecule has 152 valence electrons. The Labute approximate surface area is 166 Å². The highest BCUT2D eigenvalue weighted by Crippen LogP contribution is 2.51. The molecule has 1 atom stereocenters. The van der Waals surface area contributed by atoms with Gasteiger partial charge >= 0.3 is 10.2 Å². The first-order valence-corrected chi connectivity index (χ1v) is 10.3. The van der Waals surface area contributed by atoms with Crippen molar-refractivity contribution >= 4 is 21.7 Å². The molecule has 0 N–H and O–H groups in total. The molecular weight excluding hydrogens is 402 g/mol. The summed E-state index contributed by atoms with van der Waals surface area (Å²) < 4.78 is 54.2. The van der Waals surface area contributed by atoms with Crippen LogP contribution in [0.3, 0.4) is 0 Å². The van der Waals surface area contributed by atoms with Gasteiger partial charge in [0, 0.05) is 36.4 Å². The van der Waals surface area contributed by atoms with E-state index in [0.717, 1.165) is 25.3 Å². The Kier molecular flexibility index (Phi) is 4.39. The largest absolute Gasteiger partial charge is 0.327 e. The van der Waals surface area contributed by atoms with Crippen molar-refractivity contribution in [3.63, 3.8) is 0 Å². The number of nitrogens with zero attached hydrogens (tertiary/aromatic N) is 6. The average molecular weight is 420 g/mol. The Bertz CT molecular complexity index is 1150. The van der Waals surface area contributed by atoms with Gasteiger partial charge in [0.15, 0.2) is 5.82 Å². The van der Waals surface area contributed by atoms with Crippen molar-refractivity contribution in [3.05, 3.63) is 51.9 Å². The van der Waals surface area contributed by atoms with Crippen molar-refractivity contribution in [3.8, 4) is 11.3 Å². The summed E-state index contributed by atoms with van der Waals surface area (Å²) in [4.78, 5) is 7.26. The molecule has 1 aliphatic carbocycles. The van der Waals surface area contributed by atoms with E-state index in [-0.39, 0.29) is 25.3 Å². The minimum atomic E-state index is -3.94. The summed E-state index contributed by atoms with van der Waals surface area (Å²) in [5.41, 5.74) is 11.8. The normalized spacial score (nSPS) is 20.9. The Balaban J connectivity index is 1.73. The van der Waals surface area contributed by atoms with Gasteiger partial charge in [0.25, 0.3) is 5.92 Å². The first-order valence-electron chi connectivity index (χ1n) is 8.91. The van der Waals surface area contributed by atoms with Crippen molar-refractivity contribution in [2.24, 2.45) is 11.0 Å². The Morgan fingerprint density at radius 1 is 1.34 bits per heavy atom. The van der Waals surface area contributed by atoms with Crippen LogP contribution in [-0.4, -0.2) is 32.9 Å². The molecule has 1 aromatic carbocycles. The van der Waals surface area contributed by atoms with E-state index in [1.165, 1.54) is 7.05 Å². The molecule has 8 nitrogen and oxygen atoms in total. The summed E-state index contributed by atoms with van der Waals surface area (Å²) in [6.45, 7) is 1.81. The summed E-state index contributed by atoms with van der Waals surface area (Å²) in [5, 5.41) is 3.56. The predicted molar refractivity (Wildman–Crippen MR) is 105 cm³/mol. The number of aryl methyl sites for hydroxylation is 1. The molecule has 0 amide bonds. The molecule has 1 fully saturated rings. The van der Waals surface area contributed by atoms with E-state index in [1.54, 1.807) is 12.1 Å². The van der Waals surface area contributed by atoms with Crippen molar-refractivity contribution in [2.75, 3.05) is 22.2 Å². The van der Waals surface area contributed by atoms with Crippen LogP contribution in [0.4, 0.5) is 20.3 Å². The van der Waals surface area contributed by atoms with Gasteiger partial charge in [-0.3, -0.25) is 0 Å². The lowest BCUT2D eigenvalue weighted by molar-refractivity contribution is 0.101. The summed E-state index contributed by atoms with van der Waals surface area (Å²) in [6.07, 6.45) is -0.305. The number of alkyl halides is 2. The molecule has 1 aromatic heterocycles. The maximum atomic E-state index is 13.4. The number of hydrogen-bond donors (Lipinski definition) is 0. The van der Waals surface area contributed by atoms with Crippen molar-refractivity contribution in [1.82, 2.24) is 4.98 Å². The zero-order valence-corrected chi connectivity index (χ0v) is 16.6. The van der Waals surface area contributed by atoms with Gasteiger partial charge in [-0.15, -0.1) is 0 Å². The van der Waals surface area contributed by atoms with E-state index in [2.05, 4.69) is 15.0 Å². The van der Waals surface area contributed by atoms with Crippen molar-refractivity contribution < 1.29 is 17.2 Å². The lowest BCUT2D eigenvalue weighted by Gasteiger charge is -2.18. The number of azide groups is 1. The van der Waals surface area contributed by atoms with Crippen LogP contribution in [0.5, 0.6) is 0 Å². The van der Waals surface area contributed by atoms with Crippen LogP contribution >= 0.6 is 0 Å². The number of hydrogen-bond acceptors (Lipinski definition) is 4. The highest BCUT2D eigenvalue weighted by molar-refractivity contribution is 7.94. The van der Waals surface area contributed by atoms with Crippen LogP contribution in [-0.2, 0) is 16.8 Å². The number of rotatable bonds is 5. The lowest BCUT2D eigenvalue weighted by Crippen LogP contribution is -2.37. The smallest absolute Gasteiger partial charge is 0.249 e. The van der Waals surface area contributed by atoms with Crippen LogP contribution in [0, 0.1) is 12.8 Å². The van der Waals surface area contributed by atoms with E-state index >= 15 is 0 Å². The molecule has 4 rings (SSSR count). The Morgan fingerprint density at radius 3 is 2.72 bits per heavy atom. The minimum absolute atomic E-state index is 0.187. The van der Waals surface area contributed by atoms with Crippen molar-refractivity contribution in [2.45, 2.75) is 25.8 Å². The van der Waals surface area contributed by atoms with Gasteiger partial charge < -0.3 is 0 Å². The minimum Gasteiger partial charge on any atom is -0.249 e. The highest BCUT2D eigenvalue weighted by atomic mass is 32.2. The highest BCUT2D eigenvalue weighted by Gasteiger charge is 2.59. The second kappa shape index (κ2) is 6.57. The van der Waals surface area contributed by atoms with E-state index in [0.29, 0.717) is 11.4 Å². The summed E-state index contributed by atoms with van der Waals surface area (Å²) in [7, 11) is -2.58. The fourth-order valence-electron chi connectivity index (χ4n) is 3.42. The van der Waals surface area contributed by atoms with Crippen LogP contribution in [0.2, 0.25) is 0 Å². The second-order valence-electron chi connectivity index (χ2n) is 7.25. The first kappa shape index (κ1) is 19.4. The lowest BCUT2D eigenvalue weighted by atomic mass is 10.0. The molecule has 2 aromatic rings. The van der Waals surface area contributed by atoms with Crippen molar-refractivity contribution in [1.29, 1.82) is 0 Å². The quantitative estimate of drug-likeness (QED) is 0.414. The molecule has 0 spiro atoms. The molecule has 11 heteroatoms. The van der Waals surface area contributed by atoms with E-state index < -0.39 is 22.0 Å². The number of fused-ring (bicyclic) bond motifs is 1. The number of aromatic nitrogens is 1. The summed E-state index contributed by atoms with van der Waals surface area (Å²) in [5.74, 6) is -3.59. The third kappa shape index (κ3) is 3.26. The zero-order chi connectivity index (χ0) is 21.0. The van der Waals surface area contributed by atoms with E-state index in [1.807, 2.05) is 25.1 Å². The third-order valence-corrected chi connectivity index (χ3v) is 7.05. The molecule has 1 aliphatic heterocycles. The first-order chi connectivity index (χ1) is 13.6. The molecule has 29 heavy (non-hydrogen) atoms. The topological polar surface area (TPSA) is 102 Å². The standard InChI is InChI=1S/C18H18F2N6O2S/c1-11-3-4-12(9-22-24-21)7-14(11)15-5-6-16-17(23-15)25(2)29(27,28)26(16)10-13-8-18(13,19)20/h3-7,13H,8-10H2,1-2H3. The van der Waals surface area contributed by atoms with Gasteiger partial charge in [-0.2, -0.15) is 8.42 Å². The molecule has 1 unspecified atom stereocenters. The van der Waals surface area contributed by atoms with Crippen LogP contribution < -0.4 is 8.61 Å². The SMILES string of the molecule is Cc1ccc(CN=[N+]=[N-])cc1-c1ccc2c(n1)N(C)S(=O)(=O)N2CC1CC1(F)F. The fourth-order valence-corrected chi connectivity index (χ4v) is 4.82. The number of benzene rings is 1. The fraction of sp³-hybridized carbons (Fsp3) is 0.389. The monoisotopic (exact) mass is 420 g/mol. The maximum absolute atomic E-state index is 13.4. The van der Waals surface area contributed by atoms with Gasteiger partial charge in [0.1, 0.15) is 0 Å². The van der Waals surface area contributed by atoms with E-state index in [4.69, 9.17) is 5.53 Å². The third-order valence-electron chi connectivity index (χ3n) is 5.28. The Morgan fingerprint density at radius 2 is 2.07 bits per heavy atom. The average Bonchev–Trinajstić information content (AvgIpc) is 3.24. The number of pyridine rings is 1. The summed E-state index contributed by atoms with van der Waals surface area (Å²) >= 11 is 0. The molecule has 2 aliphatic rings. The van der Waals surface area contributed by atoms with Gasteiger partial charge in [0.05, 0.1) is 17.9 Å². The van der Waals surface area contributed by atoms with Crippen LogP contribution in [0.15, 0.2) is 35.4 Å². The molecule has 1 saturated carbocycles. The molecule has 2 heterocycles. The van der Waals surface area contributed by atoms with Gasteiger partial charge in [-0.05, 0) is 41.8 Å². The summed E-state index contributed by atoms with van der Waals surface area (Å²) in [6, 6.07) is 8.82.